The highest BCUT2D eigenvalue weighted by molar-refractivity contribution is 7.91. The first kappa shape index (κ1) is 20.0. The van der Waals surface area contributed by atoms with Crippen molar-refractivity contribution in [3.05, 3.63) is 59.7 Å². The lowest BCUT2D eigenvalue weighted by molar-refractivity contribution is 0.0936. The third-order valence-electron chi connectivity index (χ3n) is 3.98. The van der Waals surface area contributed by atoms with E-state index in [4.69, 9.17) is 4.74 Å². The number of benzene rings is 2. The van der Waals surface area contributed by atoms with E-state index in [0.717, 1.165) is 11.3 Å². The number of nitrogens with one attached hydrogen (secondary N) is 1. The molecule has 1 N–H and O–H groups in total. The Bertz CT molecular complexity index is 844. The molecule has 0 aromatic heterocycles. The van der Waals surface area contributed by atoms with Crippen molar-refractivity contribution in [3.8, 4) is 5.75 Å². The summed E-state index contributed by atoms with van der Waals surface area (Å²) >= 11 is 0. The number of hydrogen-bond donors (Lipinski definition) is 1. The van der Waals surface area contributed by atoms with E-state index in [-0.39, 0.29) is 22.3 Å². The topological polar surface area (TPSA) is 72.5 Å². The zero-order chi connectivity index (χ0) is 19.2. The zero-order valence-electron chi connectivity index (χ0n) is 15.4. The quantitative estimate of drug-likeness (QED) is 0.762. The number of amides is 1. The number of sulfone groups is 1. The fourth-order valence-electron chi connectivity index (χ4n) is 2.68. The van der Waals surface area contributed by atoms with E-state index in [1.54, 1.807) is 25.1 Å². The minimum absolute atomic E-state index is 0.0196. The normalized spacial score (nSPS) is 12.4. The molecule has 0 saturated heterocycles. The summed E-state index contributed by atoms with van der Waals surface area (Å²) in [5.41, 5.74) is 1.09. The molecule has 140 valence electrons. The Balaban J connectivity index is 2.20. The van der Waals surface area contributed by atoms with E-state index in [0.29, 0.717) is 13.0 Å². The maximum atomic E-state index is 12.7. The third-order valence-corrected chi connectivity index (χ3v) is 5.95. The molecule has 0 aliphatic rings. The molecule has 26 heavy (non-hydrogen) atoms. The molecule has 5 nitrogen and oxygen atoms in total. The van der Waals surface area contributed by atoms with Gasteiger partial charge in [0.15, 0.2) is 9.84 Å². The minimum atomic E-state index is -3.48. The van der Waals surface area contributed by atoms with Gasteiger partial charge in [-0.3, -0.25) is 4.79 Å². The smallest absolute Gasteiger partial charge is 0.253 e. The van der Waals surface area contributed by atoms with Crippen molar-refractivity contribution in [2.75, 3.05) is 12.4 Å². The molecule has 0 bridgehead atoms. The molecule has 1 amide bonds. The summed E-state index contributed by atoms with van der Waals surface area (Å²) < 4.78 is 30.2. The van der Waals surface area contributed by atoms with Gasteiger partial charge in [-0.2, -0.15) is 0 Å². The highest BCUT2D eigenvalue weighted by Crippen LogP contribution is 2.21. The summed E-state index contributed by atoms with van der Waals surface area (Å²) in [6.07, 6.45) is 0.501. The summed E-state index contributed by atoms with van der Waals surface area (Å²) in [7, 11) is -3.48. The highest BCUT2D eigenvalue weighted by Gasteiger charge is 2.22. The molecule has 0 radical (unpaired) electrons. The molecule has 0 aliphatic heterocycles. The first-order valence-corrected chi connectivity index (χ1v) is 10.4. The Morgan fingerprint density at radius 1 is 1.08 bits per heavy atom. The van der Waals surface area contributed by atoms with Gasteiger partial charge in [-0.05, 0) is 50.1 Å². The molecule has 0 fully saturated rings. The zero-order valence-corrected chi connectivity index (χ0v) is 16.2. The van der Waals surface area contributed by atoms with Gasteiger partial charge in [-0.1, -0.05) is 31.2 Å². The summed E-state index contributed by atoms with van der Waals surface area (Å²) in [5.74, 6) is 0.388. The van der Waals surface area contributed by atoms with Gasteiger partial charge in [-0.15, -0.1) is 0 Å². The van der Waals surface area contributed by atoms with Crippen molar-refractivity contribution in [2.24, 2.45) is 0 Å². The predicted octanol–water partition coefficient (Wildman–Crippen LogP) is 3.76. The molecule has 0 spiro atoms. The van der Waals surface area contributed by atoms with Crippen molar-refractivity contribution in [1.82, 2.24) is 5.32 Å². The van der Waals surface area contributed by atoms with E-state index in [1.165, 1.54) is 6.07 Å². The predicted molar refractivity (Wildman–Crippen MR) is 102 cm³/mol. The lowest BCUT2D eigenvalue weighted by atomic mass is 10.1. The van der Waals surface area contributed by atoms with Crippen molar-refractivity contribution < 1.29 is 17.9 Å². The van der Waals surface area contributed by atoms with E-state index >= 15 is 0 Å². The van der Waals surface area contributed by atoms with Crippen molar-refractivity contribution in [2.45, 2.75) is 38.1 Å². The molecular weight excluding hydrogens is 350 g/mol. The molecule has 0 saturated carbocycles. The number of rotatable bonds is 8. The van der Waals surface area contributed by atoms with Gasteiger partial charge >= 0.3 is 0 Å². The summed E-state index contributed by atoms with van der Waals surface area (Å²) in [6.45, 7) is 6.17. The molecule has 2 aromatic rings. The summed E-state index contributed by atoms with van der Waals surface area (Å²) in [5, 5.41) is 2.87. The standard InChI is InChI=1S/C20H25NO4S/c1-4-14-26(23,24)19-9-7-6-8-18(19)20(22)21-15(3)16-10-12-17(13-11-16)25-5-2/h6-13,15H,4-5,14H2,1-3H3,(H,21,22). The number of ether oxygens (including phenoxy) is 1. The van der Waals surface area contributed by atoms with Crippen LogP contribution in [-0.2, 0) is 9.84 Å². The average Bonchev–Trinajstić information content (AvgIpc) is 2.62. The lowest BCUT2D eigenvalue weighted by Crippen LogP contribution is -2.28. The molecule has 2 rings (SSSR count). The van der Waals surface area contributed by atoms with Crippen LogP contribution < -0.4 is 10.1 Å². The Hall–Kier alpha value is -2.34. The van der Waals surface area contributed by atoms with Crippen LogP contribution in [0.25, 0.3) is 0 Å². The monoisotopic (exact) mass is 375 g/mol. The number of carbonyl (C=O) groups excluding carboxylic acids is 1. The van der Waals surface area contributed by atoms with Crippen LogP contribution in [-0.4, -0.2) is 26.7 Å². The van der Waals surface area contributed by atoms with E-state index in [2.05, 4.69) is 5.32 Å². The van der Waals surface area contributed by atoms with E-state index in [9.17, 15) is 13.2 Å². The lowest BCUT2D eigenvalue weighted by Gasteiger charge is -2.16. The van der Waals surface area contributed by atoms with Crippen molar-refractivity contribution in [3.63, 3.8) is 0 Å². The van der Waals surface area contributed by atoms with Gasteiger partial charge in [-0.25, -0.2) is 8.42 Å². The molecule has 2 aromatic carbocycles. The second-order valence-corrected chi connectivity index (χ2v) is 8.09. The van der Waals surface area contributed by atoms with Crippen LogP contribution in [0.5, 0.6) is 5.75 Å². The Labute approximate surface area is 155 Å². The van der Waals surface area contributed by atoms with Gasteiger partial charge in [0.05, 0.1) is 28.9 Å². The summed E-state index contributed by atoms with van der Waals surface area (Å²) in [6, 6.07) is 13.5. The molecule has 6 heteroatoms. The van der Waals surface area contributed by atoms with Crippen LogP contribution in [0, 0.1) is 0 Å². The molecule has 0 heterocycles. The molecule has 1 unspecified atom stereocenters. The second kappa shape index (κ2) is 8.85. The highest BCUT2D eigenvalue weighted by atomic mass is 32.2. The fraction of sp³-hybridized carbons (Fsp3) is 0.350. The average molecular weight is 375 g/mol. The number of carbonyl (C=O) groups is 1. The number of hydrogen-bond acceptors (Lipinski definition) is 4. The van der Waals surface area contributed by atoms with Crippen LogP contribution in [0.2, 0.25) is 0 Å². The third kappa shape index (κ3) is 4.85. The van der Waals surface area contributed by atoms with Crippen LogP contribution in [0.4, 0.5) is 0 Å². The maximum Gasteiger partial charge on any atom is 0.253 e. The molecule has 0 aliphatic carbocycles. The second-order valence-electron chi connectivity index (χ2n) is 6.01. The fourth-order valence-corrected chi connectivity index (χ4v) is 4.22. The molecule has 1 atom stereocenters. The largest absolute Gasteiger partial charge is 0.494 e. The first-order valence-electron chi connectivity index (χ1n) is 8.74. The van der Waals surface area contributed by atoms with Crippen molar-refractivity contribution >= 4 is 15.7 Å². The van der Waals surface area contributed by atoms with Crippen LogP contribution in [0.3, 0.4) is 0 Å². The van der Waals surface area contributed by atoms with Gasteiger partial charge in [0.2, 0.25) is 0 Å². The van der Waals surface area contributed by atoms with Crippen molar-refractivity contribution in [1.29, 1.82) is 0 Å². The first-order chi connectivity index (χ1) is 12.4. The SMILES string of the molecule is CCCS(=O)(=O)c1ccccc1C(=O)NC(C)c1ccc(OCC)cc1. The molecular formula is C20H25NO4S. The summed E-state index contributed by atoms with van der Waals surface area (Å²) in [4.78, 5) is 12.8. The Kier molecular flexibility index (Phi) is 6.80. The van der Waals surface area contributed by atoms with Gasteiger partial charge < -0.3 is 10.1 Å². The van der Waals surface area contributed by atoms with Gasteiger partial charge in [0, 0.05) is 0 Å². The Morgan fingerprint density at radius 2 is 1.73 bits per heavy atom. The Morgan fingerprint density at radius 3 is 2.35 bits per heavy atom. The van der Waals surface area contributed by atoms with Gasteiger partial charge in [0.1, 0.15) is 5.75 Å². The van der Waals surface area contributed by atoms with Gasteiger partial charge in [0.25, 0.3) is 5.91 Å². The van der Waals surface area contributed by atoms with Crippen LogP contribution in [0.1, 0.15) is 49.2 Å². The van der Waals surface area contributed by atoms with Crippen LogP contribution >= 0.6 is 0 Å². The van der Waals surface area contributed by atoms with E-state index < -0.39 is 15.7 Å². The maximum absolute atomic E-state index is 12.7. The van der Waals surface area contributed by atoms with E-state index in [1.807, 2.05) is 38.1 Å². The minimum Gasteiger partial charge on any atom is -0.494 e. The van der Waals surface area contributed by atoms with Crippen LogP contribution in [0.15, 0.2) is 53.4 Å².